The summed E-state index contributed by atoms with van der Waals surface area (Å²) in [6.07, 6.45) is 6.94. The van der Waals surface area contributed by atoms with Crippen LogP contribution in [0.3, 0.4) is 0 Å². The number of aromatic amines is 1. The number of ether oxygens (including phenoxy) is 2. The minimum Gasteiger partial charge on any atom is -0.497 e. The van der Waals surface area contributed by atoms with Crippen molar-refractivity contribution in [1.29, 1.82) is 0 Å². The van der Waals surface area contributed by atoms with Crippen LogP contribution < -0.4 is 9.47 Å². The highest BCUT2D eigenvalue weighted by Crippen LogP contribution is 2.28. The van der Waals surface area contributed by atoms with Crippen molar-refractivity contribution in [3.63, 3.8) is 0 Å². The molecule has 0 fully saturated rings. The molecule has 5 aromatic rings. The SMILES string of the molecule is COc1ccc(-c2n[nH]nc2-c2ccncc2)cc1.COc1ccc(C#Cc2ccncc2)cc1. The van der Waals surface area contributed by atoms with Crippen molar-refractivity contribution in [3.8, 4) is 45.9 Å². The number of methoxy groups -OCH3 is 2. The number of hydrogen-bond acceptors (Lipinski definition) is 6. The predicted molar refractivity (Wildman–Crippen MR) is 135 cm³/mol. The zero-order chi connectivity index (χ0) is 24.3. The van der Waals surface area contributed by atoms with E-state index in [1.807, 2.05) is 72.8 Å². The van der Waals surface area contributed by atoms with Gasteiger partial charge in [0.15, 0.2) is 0 Å². The van der Waals surface area contributed by atoms with Gasteiger partial charge in [-0.25, -0.2) is 0 Å². The molecule has 3 heterocycles. The maximum atomic E-state index is 5.15. The average Bonchev–Trinajstić information content (AvgIpc) is 3.44. The summed E-state index contributed by atoms with van der Waals surface area (Å²) >= 11 is 0. The highest BCUT2D eigenvalue weighted by Gasteiger charge is 2.12. The third-order valence-electron chi connectivity index (χ3n) is 4.99. The number of hydrogen-bond donors (Lipinski definition) is 1. The molecule has 2 aromatic carbocycles. The Morgan fingerprint density at radius 1 is 0.543 bits per heavy atom. The number of nitrogens with one attached hydrogen (secondary N) is 1. The quantitative estimate of drug-likeness (QED) is 0.378. The molecule has 0 saturated carbocycles. The fraction of sp³-hybridized carbons (Fsp3) is 0.0714. The van der Waals surface area contributed by atoms with E-state index in [2.05, 4.69) is 37.2 Å². The van der Waals surface area contributed by atoms with Crippen molar-refractivity contribution in [2.45, 2.75) is 0 Å². The van der Waals surface area contributed by atoms with E-state index >= 15 is 0 Å². The van der Waals surface area contributed by atoms with Crippen LogP contribution in [0.1, 0.15) is 11.1 Å². The van der Waals surface area contributed by atoms with Gasteiger partial charge in [0.1, 0.15) is 22.9 Å². The standard InChI is InChI=1S/C14H12N4O.C14H11NO/c1-19-12-4-2-10(3-5-12)13-14(17-18-16-13)11-6-8-15-9-7-11;1-16-14-6-4-12(5-7-14)2-3-13-8-10-15-11-9-13/h2-9H,1H3,(H,16,17,18);4-11H,1H3. The van der Waals surface area contributed by atoms with Crippen LogP contribution in [0.4, 0.5) is 0 Å². The molecule has 0 aliphatic rings. The summed E-state index contributed by atoms with van der Waals surface area (Å²) in [4.78, 5) is 7.94. The van der Waals surface area contributed by atoms with Gasteiger partial charge in [-0.15, -0.1) is 0 Å². The van der Waals surface area contributed by atoms with Crippen LogP contribution in [0.5, 0.6) is 11.5 Å². The van der Waals surface area contributed by atoms with E-state index in [1.54, 1.807) is 39.0 Å². The van der Waals surface area contributed by atoms with Gasteiger partial charge in [-0.1, -0.05) is 11.8 Å². The molecule has 3 aromatic heterocycles. The van der Waals surface area contributed by atoms with Gasteiger partial charge in [-0.2, -0.15) is 15.4 Å². The van der Waals surface area contributed by atoms with Crippen LogP contribution in [0.15, 0.2) is 97.6 Å². The summed E-state index contributed by atoms with van der Waals surface area (Å²) in [7, 11) is 3.30. The van der Waals surface area contributed by atoms with E-state index < -0.39 is 0 Å². The van der Waals surface area contributed by atoms with Crippen LogP contribution in [0.25, 0.3) is 22.5 Å². The summed E-state index contributed by atoms with van der Waals surface area (Å²) in [6, 6.07) is 23.0. The van der Waals surface area contributed by atoms with Crippen LogP contribution >= 0.6 is 0 Å². The molecule has 0 unspecified atom stereocenters. The summed E-state index contributed by atoms with van der Waals surface area (Å²) in [5.74, 6) is 7.81. The molecule has 5 rings (SSSR count). The Morgan fingerprint density at radius 3 is 1.49 bits per heavy atom. The third kappa shape index (κ3) is 6.30. The maximum absolute atomic E-state index is 5.15. The molecule has 0 saturated heterocycles. The van der Waals surface area contributed by atoms with Gasteiger partial charge in [-0.05, 0) is 72.8 Å². The summed E-state index contributed by atoms with van der Waals surface area (Å²) < 4.78 is 10.2. The molecule has 35 heavy (non-hydrogen) atoms. The highest BCUT2D eigenvalue weighted by atomic mass is 16.5. The van der Waals surface area contributed by atoms with E-state index in [9.17, 15) is 0 Å². The lowest BCUT2D eigenvalue weighted by Crippen LogP contribution is -1.86. The summed E-state index contributed by atoms with van der Waals surface area (Å²) in [5, 5.41) is 11.1. The lowest BCUT2D eigenvalue weighted by molar-refractivity contribution is 0.414. The molecule has 0 spiro atoms. The number of H-pyrrole nitrogens is 1. The topological polar surface area (TPSA) is 85.8 Å². The Morgan fingerprint density at radius 2 is 0.971 bits per heavy atom. The molecule has 7 heteroatoms. The molecule has 1 N–H and O–H groups in total. The zero-order valence-corrected chi connectivity index (χ0v) is 19.3. The second kappa shape index (κ2) is 11.8. The summed E-state index contributed by atoms with van der Waals surface area (Å²) in [5.41, 5.74) is 5.53. The van der Waals surface area contributed by atoms with Gasteiger partial charge in [0.05, 0.1) is 14.2 Å². The van der Waals surface area contributed by atoms with Crippen molar-refractivity contribution < 1.29 is 9.47 Å². The Bertz CT molecular complexity index is 1390. The second-order valence-corrected chi connectivity index (χ2v) is 7.20. The van der Waals surface area contributed by atoms with E-state index in [4.69, 9.17) is 9.47 Å². The van der Waals surface area contributed by atoms with Crippen LogP contribution in [0.2, 0.25) is 0 Å². The molecule has 7 nitrogen and oxygen atoms in total. The monoisotopic (exact) mass is 461 g/mol. The van der Waals surface area contributed by atoms with Crippen molar-refractivity contribution in [1.82, 2.24) is 25.4 Å². The molecule has 0 aliphatic heterocycles. The first kappa shape index (κ1) is 23.2. The average molecular weight is 462 g/mol. The lowest BCUT2D eigenvalue weighted by atomic mass is 10.1. The fourth-order valence-corrected chi connectivity index (χ4v) is 3.15. The second-order valence-electron chi connectivity index (χ2n) is 7.20. The van der Waals surface area contributed by atoms with E-state index in [1.165, 1.54) is 0 Å². The lowest BCUT2D eigenvalue weighted by Gasteiger charge is -2.03. The van der Waals surface area contributed by atoms with Crippen LogP contribution in [0, 0.1) is 11.8 Å². The Labute approximate surface area is 203 Å². The largest absolute Gasteiger partial charge is 0.497 e. The molecule has 0 bridgehead atoms. The van der Waals surface area contributed by atoms with Gasteiger partial charge in [-0.3, -0.25) is 9.97 Å². The van der Waals surface area contributed by atoms with Gasteiger partial charge in [0, 0.05) is 47.0 Å². The number of nitrogens with zero attached hydrogens (tertiary/aromatic N) is 4. The third-order valence-corrected chi connectivity index (χ3v) is 4.99. The maximum Gasteiger partial charge on any atom is 0.120 e. The number of benzene rings is 2. The molecule has 0 amide bonds. The normalized spacial score (nSPS) is 9.77. The molecule has 0 aliphatic carbocycles. The first-order chi connectivity index (χ1) is 17.3. The minimum absolute atomic E-state index is 0.813. The molecular formula is C28H23N5O2. The van der Waals surface area contributed by atoms with Crippen molar-refractivity contribution in [2.75, 3.05) is 14.2 Å². The highest BCUT2D eigenvalue weighted by molar-refractivity contribution is 5.77. The molecular weight excluding hydrogens is 438 g/mol. The Hall–Kier alpha value is -4.96. The van der Waals surface area contributed by atoms with Crippen molar-refractivity contribution in [3.05, 3.63) is 109 Å². The number of aromatic nitrogens is 5. The molecule has 0 atom stereocenters. The molecule has 172 valence electrons. The smallest absolute Gasteiger partial charge is 0.120 e. The summed E-state index contributed by atoms with van der Waals surface area (Å²) in [6.45, 7) is 0. The van der Waals surface area contributed by atoms with Crippen molar-refractivity contribution >= 4 is 0 Å². The van der Waals surface area contributed by atoms with Crippen molar-refractivity contribution in [2.24, 2.45) is 0 Å². The minimum atomic E-state index is 0.813. The van der Waals surface area contributed by atoms with Crippen LogP contribution in [-0.4, -0.2) is 39.6 Å². The first-order valence-corrected chi connectivity index (χ1v) is 10.8. The first-order valence-electron chi connectivity index (χ1n) is 10.8. The van der Waals surface area contributed by atoms with Gasteiger partial charge >= 0.3 is 0 Å². The predicted octanol–water partition coefficient (Wildman–Crippen LogP) is 5.03. The van der Waals surface area contributed by atoms with Gasteiger partial charge in [0.2, 0.25) is 0 Å². The molecule has 0 radical (unpaired) electrons. The van der Waals surface area contributed by atoms with Gasteiger partial charge < -0.3 is 9.47 Å². The Balaban J connectivity index is 0.000000168. The van der Waals surface area contributed by atoms with E-state index in [-0.39, 0.29) is 0 Å². The zero-order valence-electron chi connectivity index (χ0n) is 19.3. The van der Waals surface area contributed by atoms with E-state index in [0.29, 0.717) is 0 Å². The number of pyridine rings is 2. The van der Waals surface area contributed by atoms with Gasteiger partial charge in [0.25, 0.3) is 0 Å². The van der Waals surface area contributed by atoms with Crippen LogP contribution in [-0.2, 0) is 0 Å². The Kier molecular flexibility index (Phi) is 7.81. The van der Waals surface area contributed by atoms with E-state index in [0.717, 1.165) is 45.1 Å². The number of rotatable bonds is 4. The fourth-order valence-electron chi connectivity index (χ4n) is 3.15.